The molecule has 0 aliphatic heterocycles. The van der Waals surface area contributed by atoms with Crippen LogP contribution in [0.3, 0.4) is 0 Å². The predicted molar refractivity (Wildman–Crippen MR) is 94.8 cm³/mol. The van der Waals surface area contributed by atoms with Gasteiger partial charge in [-0.25, -0.2) is 4.57 Å². The molecule has 0 saturated heterocycles. The third-order valence-corrected chi connectivity index (χ3v) is 3.33. The van der Waals surface area contributed by atoms with Gasteiger partial charge >= 0.3 is 7.82 Å². The van der Waals surface area contributed by atoms with E-state index in [2.05, 4.69) is 6.92 Å². The molecule has 140 valence electrons. The molecule has 0 aliphatic carbocycles. The topological polar surface area (TPSA) is 107 Å². The molecule has 4 N–H and O–H groups in total. The maximum absolute atomic E-state index is 9.83. The first-order chi connectivity index (χ1) is 11.3. The zero-order valence-electron chi connectivity index (χ0n) is 14.4. The van der Waals surface area contributed by atoms with Crippen molar-refractivity contribution in [2.75, 3.05) is 6.61 Å². The van der Waals surface area contributed by atoms with E-state index in [-0.39, 0.29) is 6.10 Å². The summed E-state index contributed by atoms with van der Waals surface area (Å²) in [4.78, 5) is 21.6. The molecule has 6 nitrogen and oxygen atoms in total. The number of unbranched alkanes of at least 4 members (excludes halogenated alkanes) is 6. The molecule has 1 aromatic rings. The maximum atomic E-state index is 9.83. The molecule has 0 aliphatic rings. The Balaban J connectivity index is 0.000000922. The van der Waals surface area contributed by atoms with Crippen molar-refractivity contribution in [3.63, 3.8) is 0 Å². The van der Waals surface area contributed by atoms with Crippen molar-refractivity contribution in [3.05, 3.63) is 30.3 Å². The standard InChI is InChI=1S/C17H28O2.H3O4P/c1-2-3-4-5-6-7-9-12-16(18)15-19-17-13-10-8-11-14-17;1-5(2,3)4/h8,10-11,13-14,16,18H,2-7,9,12,15H2,1H3;(H3,1,2,3,4). The molecular weight excluding hydrogens is 331 g/mol. The Bertz CT molecular complexity index is 426. The summed E-state index contributed by atoms with van der Waals surface area (Å²) in [6, 6.07) is 9.68. The highest BCUT2D eigenvalue weighted by Crippen LogP contribution is 2.25. The monoisotopic (exact) mass is 362 g/mol. The molecule has 1 atom stereocenters. The minimum absolute atomic E-state index is 0.337. The Morgan fingerprint density at radius 1 is 0.958 bits per heavy atom. The molecule has 0 aromatic heterocycles. The molecule has 1 aromatic carbocycles. The number of phosphoric acid groups is 1. The van der Waals surface area contributed by atoms with Crippen LogP contribution in [0.15, 0.2) is 30.3 Å². The van der Waals surface area contributed by atoms with Gasteiger partial charge < -0.3 is 24.5 Å². The van der Waals surface area contributed by atoms with Gasteiger partial charge in [0.1, 0.15) is 12.4 Å². The number of aliphatic hydroxyl groups excluding tert-OH is 1. The van der Waals surface area contributed by atoms with Crippen molar-refractivity contribution in [1.29, 1.82) is 0 Å². The molecule has 1 unspecified atom stereocenters. The highest BCUT2D eigenvalue weighted by atomic mass is 31.2. The normalized spacial score (nSPS) is 12.2. The van der Waals surface area contributed by atoms with Gasteiger partial charge in [0.25, 0.3) is 0 Å². The summed E-state index contributed by atoms with van der Waals surface area (Å²) >= 11 is 0. The van der Waals surface area contributed by atoms with Crippen LogP contribution in [0.2, 0.25) is 0 Å². The Morgan fingerprint density at radius 3 is 2.00 bits per heavy atom. The predicted octanol–water partition coefficient (Wildman–Crippen LogP) is 3.64. The Morgan fingerprint density at radius 2 is 1.46 bits per heavy atom. The smallest absolute Gasteiger partial charge is 0.466 e. The first-order valence-corrected chi connectivity index (χ1v) is 10.0. The van der Waals surface area contributed by atoms with E-state index in [0.29, 0.717) is 6.61 Å². The molecule has 0 saturated carbocycles. The van der Waals surface area contributed by atoms with Crippen LogP contribution in [0, 0.1) is 0 Å². The lowest BCUT2D eigenvalue weighted by atomic mass is 10.1. The number of rotatable bonds is 11. The number of ether oxygens (including phenoxy) is 1. The average Bonchev–Trinajstić information content (AvgIpc) is 2.51. The number of aliphatic hydroxyl groups is 1. The minimum Gasteiger partial charge on any atom is -0.491 e. The number of hydrogen-bond donors (Lipinski definition) is 4. The van der Waals surface area contributed by atoms with Crippen molar-refractivity contribution in [1.82, 2.24) is 0 Å². The van der Waals surface area contributed by atoms with E-state index in [9.17, 15) is 5.11 Å². The third-order valence-electron chi connectivity index (χ3n) is 3.33. The lowest BCUT2D eigenvalue weighted by Gasteiger charge is -2.12. The molecule has 7 heteroatoms. The largest absolute Gasteiger partial charge is 0.491 e. The quantitative estimate of drug-likeness (QED) is 0.354. The summed E-state index contributed by atoms with van der Waals surface area (Å²) in [7, 11) is -4.64. The number of benzene rings is 1. The van der Waals surface area contributed by atoms with E-state index in [0.717, 1.165) is 18.6 Å². The van der Waals surface area contributed by atoms with Crippen LogP contribution >= 0.6 is 7.82 Å². The molecule has 1 rings (SSSR count). The van der Waals surface area contributed by atoms with Crippen molar-refractivity contribution < 1.29 is 29.1 Å². The lowest BCUT2D eigenvalue weighted by molar-refractivity contribution is 0.0975. The van der Waals surface area contributed by atoms with Crippen LogP contribution in [0.4, 0.5) is 0 Å². The SMILES string of the molecule is CCCCCCCCCC(O)COc1ccccc1.O=P(O)(O)O. The van der Waals surface area contributed by atoms with Gasteiger partial charge in [-0.2, -0.15) is 0 Å². The second-order valence-corrected chi connectivity index (χ2v) is 6.73. The van der Waals surface area contributed by atoms with Gasteiger partial charge in [0.15, 0.2) is 0 Å². The van der Waals surface area contributed by atoms with E-state index in [1.165, 1.54) is 38.5 Å². The molecule has 0 bridgehead atoms. The van der Waals surface area contributed by atoms with Crippen molar-refractivity contribution in [2.24, 2.45) is 0 Å². The van der Waals surface area contributed by atoms with Crippen LogP contribution in [0.5, 0.6) is 5.75 Å². The van der Waals surface area contributed by atoms with Crippen molar-refractivity contribution in [2.45, 2.75) is 64.4 Å². The molecule has 0 fully saturated rings. The lowest BCUT2D eigenvalue weighted by Crippen LogP contribution is -2.17. The maximum Gasteiger partial charge on any atom is 0.466 e. The van der Waals surface area contributed by atoms with E-state index in [1.807, 2.05) is 30.3 Å². The zero-order chi connectivity index (χ0) is 18.3. The molecule has 24 heavy (non-hydrogen) atoms. The fourth-order valence-corrected chi connectivity index (χ4v) is 2.13. The van der Waals surface area contributed by atoms with Gasteiger partial charge in [-0.1, -0.05) is 70.1 Å². The van der Waals surface area contributed by atoms with Crippen LogP contribution in [-0.2, 0) is 4.57 Å². The van der Waals surface area contributed by atoms with E-state index < -0.39 is 7.82 Å². The second kappa shape index (κ2) is 14.4. The summed E-state index contributed by atoms with van der Waals surface area (Å²) < 4.78 is 14.4. The molecule has 0 radical (unpaired) electrons. The Kier molecular flexibility index (Phi) is 13.9. The summed E-state index contributed by atoms with van der Waals surface area (Å²) in [5.41, 5.74) is 0. The Labute approximate surface area is 144 Å². The van der Waals surface area contributed by atoms with Crippen molar-refractivity contribution in [3.8, 4) is 5.75 Å². The van der Waals surface area contributed by atoms with Crippen LogP contribution < -0.4 is 4.74 Å². The summed E-state index contributed by atoms with van der Waals surface area (Å²) in [6.07, 6.45) is 9.49. The number of hydrogen-bond acceptors (Lipinski definition) is 3. The first-order valence-electron chi connectivity index (χ1n) is 8.47. The first kappa shape index (κ1) is 23.1. The highest BCUT2D eigenvalue weighted by Gasteiger charge is 2.04. The highest BCUT2D eigenvalue weighted by molar-refractivity contribution is 7.45. The van der Waals surface area contributed by atoms with Gasteiger partial charge in [-0.3, -0.25) is 0 Å². The average molecular weight is 362 g/mol. The third kappa shape index (κ3) is 19.1. The van der Waals surface area contributed by atoms with Gasteiger partial charge in [0.2, 0.25) is 0 Å². The zero-order valence-corrected chi connectivity index (χ0v) is 15.3. The van der Waals surface area contributed by atoms with Gasteiger partial charge in [0, 0.05) is 0 Å². The van der Waals surface area contributed by atoms with Crippen LogP contribution in [0.1, 0.15) is 58.3 Å². The summed E-state index contributed by atoms with van der Waals surface area (Å²) in [5.74, 6) is 0.834. The second-order valence-electron chi connectivity index (χ2n) is 5.70. The van der Waals surface area contributed by atoms with Gasteiger partial charge in [-0.15, -0.1) is 0 Å². The minimum atomic E-state index is -4.64. The molecule has 0 heterocycles. The fraction of sp³-hybridized carbons (Fsp3) is 0.647. The van der Waals surface area contributed by atoms with E-state index in [4.69, 9.17) is 24.0 Å². The van der Waals surface area contributed by atoms with E-state index in [1.54, 1.807) is 0 Å². The van der Waals surface area contributed by atoms with Crippen LogP contribution in [-0.4, -0.2) is 32.5 Å². The van der Waals surface area contributed by atoms with Crippen LogP contribution in [0.25, 0.3) is 0 Å². The van der Waals surface area contributed by atoms with Gasteiger partial charge in [-0.05, 0) is 18.6 Å². The molecule has 0 spiro atoms. The molecular formula is C17H31O6P. The summed E-state index contributed by atoms with van der Waals surface area (Å²) in [6.45, 7) is 2.64. The van der Waals surface area contributed by atoms with Crippen molar-refractivity contribution >= 4 is 7.82 Å². The Hall–Kier alpha value is -0.910. The number of para-hydroxylation sites is 1. The summed E-state index contributed by atoms with van der Waals surface area (Å²) in [5, 5.41) is 9.83. The molecule has 0 amide bonds. The fourth-order valence-electron chi connectivity index (χ4n) is 2.13. The van der Waals surface area contributed by atoms with Gasteiger partial charge in [0.05, 0.1) is 6.10 Å². The van der Waals surface area contributed by atoms with E-state index >= 15 is 0 Å².